The lowest BCUT2D eigenvalue weighted by molar-refractivity contribution is 0.632. The van der Waals surface area contributed by atoms with E-state index in [0.717, 1.165) is 33.3 Å². The van der Waals surface area contributed by atoms with E-state index in [-0.39, 0.29) is 5.41 Å². The van der Waals surface area contributed by atoms with E-state index in [0.29, 0.717) is 0 Å². The van der Waals surface area contributed by atoms with E-state index in [1.54, 1.807) is 0 Å². The molecule has 3 heterocycles. The number of para-hydroxylation sites is 3. The van der Waals surface area contributed by atoms with Crippen molar-refractivity contribution in [3.8, 4) is 27.9 Å². The molecule has 0 saturated carbocycles. The van der Waals surface area contributed by atoms with E-state index >= 15 is 0 Å². The maximum atomic E-state index is 6.18. The summed E-state index contributed by atoms with van der Waals surface area (Å²) >= 11 is 0. The van der Waals surface area contributed by atoms with Crippen molar-refractivity contribution in [1.82, 2.24) is 4.57 Å². The van der Waals surface area contributed by atoms with Crippen molar-refractivity contribution < 1.29 is 4.42 Å². The van der Waals surface area contributed by atoms with Gasteiger partial charge in [0, 0.05) is 38.3 Å². The van der Waals surface area contributed by atoms with E-state index in [9.17, 15) is 0 Å². The second-order valence-corrected chi connectivity index (χ2v) is 15.0. The van der Waals surface area contributed by atoms with Gasteiger partial charge in [0.05, 0.1) is 22.4 Å². The zero-order valence-corrected chi connectivity index (χ0v) is 30.1. The molecule has 2 aromatic heterocycles. The fourth-order valence-corrected chi connectivity index (χ4v) is 8.88. The molecular formula is C51H36N2O. The van der Waals surface area contributed by atoms with Gasteiger partial charge >= 0.3 is 0 Å². The highest BCUT2D eigenvalue weighted by Gasteiger charge is 2.37. The zero-order chi connectivity index (χ0) is 36.0. The summed E-state index contributed by atoms with van der Waals surface area (Å²) in [5.74, 6) is 0. The average molecular weight is 693 g/mol. The van der Waals surface area contributed by atoms with Crippen molar-refractivity contribution in [2.75, 3.05) is 4.90 Å². The van der Waals surface area contributed by atoms with Gasteiger partial charge in [-0.15, -0.1) is 0 Å². The number of anilines is 3. The number of fused-ring (bicyclic) bond motifs is 8. The predicted octanol–water partition coefficient (Wildman–Crippen LogP) is 14.1. The highest BCUT2D eigenvalue weighted by atomic mass is 16.3. The van der Waals surface area contributed by atoms with Crippen LogP contribution >= 0.6 is 0 Å². The first kappa shape index (κ1) is 30.8. The Bertz CT molecular complexity index is 3070. The summed E-state index contributed by atoms with van der Waals surface area (Å²) in [6.45, 7) is 4.72. The molecule has 3 nitrogen and oxygen atoms in total. The van der Waals surface area contributed by atoms with Gasteiger partial charge in [-0.2, -0.15) is 0 Å². The van der Waals surface area contributed by atoms with Crippen molar-refractivity contribution in [1.29, 1.82) is 0 Å². The molecule has 11 rings (SSSR count). The topological polar surface area (TPSA) is 21.3 Å². The summed E-state index contributed by atoms with van der Waals surface area (Å²) in [6.07, 6.45) is 0. The van der Waals surface area contributed by atoms with Gasteiger partial charge in [-0.3, -0.25) is 0 Å². The van der Waals surface area contributed by atoms with Crippen LogP contribution in [0.5, 0.6) is 0 Å². The van der Waals surface area contributed by atoms with E-state index in [1.807, 2.05) is 12.1 Å². The minimum Gasteiger partial charge on any atom is -0.456 e. The fraction of sp³-hybridized carbons (Fsp3) is 0.0588. The van der Waals surface area contributed by atoms with Gasteiger partial charge in [-0.25, -0.2) is 0 Å². The van der Waals surface area contributed by atoms with Gasteiger partial charge < -0.3 is 13.9 Å². The third-order valence-corrected chi connectivity index (χ3v) is 11.6. The van der Waals surface area contributed by atoms with Crippen LogP contribution in [0.25, 0.3) is 71.7 Å². The number of nitrogens with zero attached hydrogens (tertiary/aromatic N) is 2. The second kappa shape index (κ2) is 11.6. The third-order valence-electron chi connectivity index (χ3n) is 11.6. The molecule has 0 bridgehead atoms. The molecule has 0 aliphatic carbocycles. The van der Waals surface area contributed by atoms with Crippen LogP contribution in [0.2, 0.25) is 0 Å². The van der Waals surface area contributed by atoms with Crippen LogP contribution in [0.4, 0.5) is 17.1 Å². The Hall–Kier alpha value is -6.84. The number of hydrogen-bond donors (Lipinski definition) is 0. The quantitative estimate of drug-likeness (QED) is 0.183. The van der Waals surface area contributed by atoms with Crippen molar-refractivity contribution in [2.45, 2.75) is 19.3 Å². The molecule has 1 aliphatic heterocycles. The molecule has 0 radical (unpaired) electrons. The third kappa shape index (κ3) is 4.55. The van der Waals surface area contributed by atoms with E-state index in [1.165, 1.54) is 66.6 Å². The van der Waals surface area contributed by atoms with Crippen LogP contribution in [0.3, 0.4) is 0 Å². The number of furan rings is 1. The molecule has 54 heavy (non-hydrogen) atoms. The van der Waals surface area contributed by atoms with Gasteiger partial charge in [-0.1, -0.05) is 123 Å². The number of aromatic nitrogens is 1. The molecule has 3 heteroatoms. The summed E-state index contributed by atoms with van der Waals surface area (Å²) in [5, 5.41) is 4.75. The summed E-state index contributed by atoms with van der Waals surface area (Å²) in [5.41, 5.74) is 16.2. The number of hydrogen-bond acceptors (Lipinski definition) is 2. The van der Waals surface area contributed by atoms with Crippen LogP contribution in [-0.2, 0) is 5.41 Å². The maximum Gasteiger partial charge on any atom is 0.135 e. The Morgan fingerprint density at radius 1 is 0.389 bits per heavy atom. The molecule has 0 saturated heterocycles. The minimum atomic E-state index is -0.196. The molecule has 0 amide bonds. The molecular weight excluding hydrogens is 657 g/mol. The first-order valence-electron chi connectivity index (χ1n) is 18.7. The molecule has 10 aromatic rings. The Labute approximate surface area is 314 Å². The van der Waals surface area contributed by atoms with Crippen LogP contribution in [0.1, 0.15) is 25.0 Å². The summed E-state index contributed by atoms with van der Waals surface area (Å²) in [7, 11) is 0. The van der Waals surface area contributed by atoms with E-state index < -0.39 is 0 Å². The predicted molar refractivity (Wildman–Crippen MR) is 226 cm³/mol. The Morgan fingerprint density at radius 2 is 1.00 bits per heavy atom. The van der Waals surface area contributed by atoms with Gasteiger partial charge in [0.15, 0.2) is 0 Å². The number of rotatable bonds is 4. The minimum absolute atomic E-state index is 0.196. The monoisotopic (exact) mass is 692 g/mol. The first-order valence-corrected chi connectivity index (χ1v) is 18.7. The lowest BCUT2D eigenvalue weighted by atomic mass is 9.73. The summed E-state index contributed by atoms with van der Waals surface area (Å²) in [6, 6.07) is 66.1. The lowest BCUT2D eigenvalue weighted by Gasteiger charge is -2.42. The van der Waals surface area contributed by atoms with Crippen molar-refractivity contribution >= 4 is 60.8 Å². The lowest BCUT2D eigenvalue weighted by Crippen LogP contribution is -2.30. The van der Waals surface area contributed by atoms with Gasteiger partial charge in [0.25, 0.3) is 0 Å². The van der Waals surface area contributed by atoms with Gasteiger partial charge in [0.1, 0.15) is 11.2 Å². The molecule has 0 spiro atoms. The highest BCUT2D eigenvalue weighted by Crippen LogP contribution is 2.53. The Balaban J connectivity index is 1.05. The summed E-state index contributed by atoms with van der Waals surface area (Å²) < 4.78 is 8.57. The van der Waals surface area contributed by atoms with Crippen molar-refractivity contribution in [2.24, 2.45) is 0 Å². The Morgan fingerprint density at radius 3 is 1.87 bits per heavy atom. The normalized spacial score (nSPS) is 13.5. The molecule has 8 aromatic carbocycles. The van der Waals surface area contributed by atoms with Crippen LogP contribution in [-0.4, -0.2) is 4.57 Å². The average Bonchev–Trinajstić information content (AvgIpc) is 3.76. The second-order valence-electron chi connectivity index (χ2n) is 15.0. The SMILES string of the molecule is CC1(C)c2ccccc2N(c2ccc(-c3ccccc3)cc2)c2ccc(-c3ccc4c(c3)c3ccccc3n4-c3ccc4oc5ccccc5c4c3)cc21. The van der Waals surface area contributed by atoms with Crippen molar-refractivity contribution in [3.05, 3.63) is 193 Å². The largest absolute Gasteiger partial charge is 0.456 e. The van der Waals surface area contributed by atoms with Crippen LogP contribution < -0.4 is 4.90 Å². The van der Waals surface area contributed by atoms with E-state index in [4.69, 9.17) is 4.42 Å². The van der Waals surface area contributed by atoms with Crippen molar-refractivity contribution in [3.63, 3.8) is 0 Å². The molecule has 0 atom stereocenters. The molecule has 0 fully saturated rings. The summed E-state index contributed by atoms with van der Waals surface area (Å²) in [4.78, 5) is 2.44. The maximum absolute atomic E-state index is 6.18. The molecule has 0 N–H and O–H groups in total. The highest BCUT2D eigenvalue weighted by molar-refractivity contribution is 6.11. The van der Waals surface area contributed by atoms with E-state index in [2.05, 4.69) is 193 Å². The smallest absolute Gasteiger partial charge is 0.135 e. The molecule has 1 aliphatic rings. The standard InChI is InChI=1S/C51H36N2O/c1-51(2)43-16-8-10-18-47(43)52(37-24-20-34(21-25-37)33-12-4-3-5-13-33)48-28-23-36(31-44(48)51)35-22-27-46-41(30-35)39-14-6-9-17-45(39)53(46)38-26-29-50-42(32-38)40-15-7-11-19-49(40)54-50/h3-32H,1-2H3. The molecule has 256 valence electrons. The first-order chi connectivity index (χ1) is 26.5. The molecule has 0 unspecified atom stereocenters. The Kier molecular flexibility index (Phi) is 6.60. The zero-order valence-electron chi connectivity index (χ0n) is 30.1. The van der Waals surface area contributed by atoms with Crippen LogP contribution in [0.15, 0.2) is 186 Å². The van der Waals surface area contributed by atoms with Crippen LogP contribution in [0, 0.1) is 0 Å². The van der Waals surface area contributed by atoms with Gasteiger partial charge in [0.2, 0.25) is 0 Å². The fourth-order valence-electron chi connectivity index (χ4n) is 8.88. The number of benzene rings is 8. The van der Waals surface area contributed by atoms with Gasteiger partial charge in [-0.05, 0) is 106 Å².